The Morgan fingerprint density at radius 2 is 2.37 bits per heavy atom. The Bertz CT molecular complexity index is 497. The first-order valence-corrected chi connectivity index (χ1v) is 6.59. The Balaban J connectivity index is 2.03. The summed E-state index contributed by atoms with van der Waals surface area (Å²) in [6, 6.07) is 1.54. The van der Waals surface area contributed by atoms with Crippen molar-refractivity contribution in [2.45, 2.75) is 25.2 Å². The third-order valence-electron chi connectivity index (χ3n) is 3.07. The number of ether oxygens (including phenoxy) is 1. The van der Waals surface area contributed by atoms with Crippen LogP contribution in [0.1, 0.15) is 19.3 Å². The minimum atomic E-state index is -2.73. The molecule has 0 bridgehead atoms. The lowest BCUT2D eigenvalue weighted by molar-refractivity contribution is -0.120. The van der Waals surface area contributed by atoms with Crippen LogP contribution in [0.25, 0.3) is 0 Å². The number of methoxy groups -OCH3 is 1. The van der Waals surface area contributed by atoms with Crippen molar-refractivity contribution in [1.82, 2.24) is 4.98 Å². The number of nitrogens with one attached hydrogen (secondary N) is 1. The first-order valence-electron chi connectivity index (χ1n) is 5.79. The lowest BCUT2D eigenvalue weighted by atomic mass is 10.1. The van der Waals surface area contributed by atoms with Crippen LogP contribution in [0.3, 0.4) is 0 Å². The fraction of sp³-hybridized carbons (Fsp3) is 0.500. The molecule has 1 aromatic heterocycles. The molecule has 1 unspecified atom stereocenters. The van der Waals surface area contributed by atoms with E-state index in [2.05, 4.69) is 26.2 Å². The fourth-order valence-corrected chi connectivity index (χ4v) is 2.43. The summed E-state index contributed by atoms with van der Waals surface area (Å²) in [5.41, 5.74) is 0. The van der Waals surface area contributed by atoms with Gasteiger partial charge in [0.25, 0.3) is 0 Å². The van der Waals surface area contributed by atoms with Crippen LogP contribution in [0.15, 0.2) is 16.7 Å². The Hall–Kier alpha value is -1.24. The number of hydrogen-bond acceptors (Lipinski definition) is 3. The number of anilines is 1. The van der Waals surface area contributed by atoms with E-state index in [-0.39, 0.29) is 12.8 Å². The molecule has 1 aromatic rings. The first-order chi connectivity index (χ1) is 8.91. The maximum Gasteiger partial charge on any atom is 0.248 e. The molecule has 0 spiro atoms. The summed E-state index contributed by atoms with van der Waals surface area (Å²) < 4.78 is 31.8. The van der Waals surface area contributed by atoms with Crippen molar-refractivity contribution in [1.29, 1.82) is 0 Å². The summed E-state index contributed by atoms with van der Waals surface area (Å²) >= 11 is 3.24. The molecule has 1 heterocycles. The molecule has 4 nitrogen and oxygen atoms in total. The van der Waals surface area contributed by atoms with Crippen molar-refractivity contribution in [2.75, 3.05) is 12.4 Å². The van der Waals surface area contributed by atoms with E-state index in [4.69, 9.17) is 4.74 Å². The molecule has 0 saturated heterocycles. The Kier molecular flexibility index (Phi) is 4.03. The van der Waals surface area contributed by atoms with E-state index in [1.807, 2.05) is 0 Å². The summed E-state index contributed by atoms with van der Waals surface area (Å²) in [5, 5.41) is 2.54. The summed E-state index contributed by atoms with van der Waals surface area (Å²) in [6.45, 7) is 0. The minimum Gasteiger partial charge on any atom is -0.495 e. The van der Waals surface area contributed by atoms with E-state index in [1.54, 1.807) is 0 Å². The molecular weight excluding hydrogens is 322 g/mol. The molecule has 1 amide bonds. The zero-order valence-corrected chi connectivity index (χ0v) is 11.8. The molecular formula is C12H13BrF2N2O2. The molecule has 2 rings (SSSR count). The topological polar surface area (TPSA) is 51.2 Å². The highest BCUT2D eigenvalue weighted by Crippen LogP contribution is 2.39. The fourth-order valence-electron chi connectivity index (χ4n) is 2.05. The van der Waals surface area contributed by atoms with E-state index in [0.29, 0.717) is 16.0 Å². The van der Waals surface area contributed by atoms with Gasteiger partial charge in [0.15, 0.2) is 0 Å². The van der Waals surface area contributed by atoms with Gasteiger partial charge in [-0.2, -0.15) is 0 Å². The zero-order chi connectivity index (χ0) is 14.0. The second kappa shape index (κ2) is 5.40. The Morgan fingerprint density at radius 1 is 1.63 bits per heavy atom. The number of nitrogens with zero attached hydrogens (tertiary/aromatic N) is 1. The van der Waals surface area contributed by atoms with Crippen LogP contribution in [0.2, 0.25) is 0 Å². The molecule has 1 aliphatic rings. The van der Waals surface area contributed by atoms with Gasteiger partial charge in [-0.1, -0.05) is 0 Å². The van der Waals surface area contributed by atoms with E-state index in [1.165, 1.54) is 19.4 Å². The van der Waals surface area contributed by atoms with Crippen LogP contribution in [0, 0.1) is 5.92 Å². The molecule has 0 aromatic carbocycles. The van der Waals surface area contributed by atoms with Gasteiger partial charge < -0.3 is 10.1 Å². The van der Waals surface area contributed by atoms with Gasteiger partial charge in [0, 0.05) is 31.0 Å². The van der Waals surface area contributed by atoms with Crippen molar-refractivity contribution in [3.8, 4) is 5.75 Å². The Labute approximate surface area is 117 Å². The van der Waals surface area contributed by atoms with Gasteiger partial charge >= 0.3 is 0 Å². The molecule has 104 valence electrons. The number of carbonyl (C=O) groups excluding carboxylic acids is 1. The first kappa shape index (κ1) is 14.2. The monoisotopic (exact) mass is 334 g/mol. The van der Waals surface area contributed by atoms with E-state index in [0.717, 1.165) is 0 Å². The molecule has 7 heteroatoms. The molecule has 19 heavy (non-hydrogen) atoms. The molecule has 1 atom stereocenters. The lowest BCUT2D eigenvalue weighted by Gasteiger charge is -2.12. The summed E-state index contributed by atoms with van der Waals surface area (Å²) in [6.07, 6.45) is 1.05. The number of amides is 1. The van der Waals surface area contributed by atoms with E-state index in [9.17, 15) is 13.6 Å². The van der Waals surface area contributed by atoms with Crippen LogP contribution in [-0.2, 0) is 4.79 Å². The molecule has 1 saturated carbocycles. The number of halogens is 3. The summed E-state index contributed by atoms with van der Waals surface area (Å²) in [7, 11) is 1.49. The summed E-state index contributed by atoms with van der Waals surface area (Å²) in [4.78, 5) is 15.8. The van der Waals surface area contributed by atoms with Crippen molar-refractivity contribution in [3.05, 3.63) is 16.7 Å². The largest absolute Gasteiger partial charge is 0.495 e. The van der Waals surface area contributed by atoms with Crippen LogP contribution in [0.4, 0.5) is 14.6 Å². The molecule has 1 N–H and O–H groups in total. The highest BCUT2D eigenvalue weighted by Gasteiger charge is 2.42. The van der Waals surface area contributed by atoms with Gasteiger partial charge in [0.1, 0.15) is 11.6 Å². The van der Waals surface area contributed by atoms with E-state index < -0.39 is 24.2 Å². The van der Waals surface area contributed by atoms with Crippen LogP contribution in [0.5, 0.6) is 5.75 Å². The third-order valence-corrected chi connectivity index (χ3v) is 3.66. The second-order valence-electron chi connectivity index (χ2n) is 4.49. The van der Waals surface area contributed by atoms with Crippen molar-refractivity contribution >= 4 is 27.7 Å². The number of rotatable bonds is 3. The smallest absolute Gasteiger partial charge is 0.248 e. The SMILES string of the molecule is COc1cc(NC(=O)C2CCC(F)(F)C2)ncc1Br. The quantitative estimate of drug-likeness (QED) is 0.923. The predicted octanol–water partition coefficient (Wildman–Crippen LogP) is 3.23. The minimum absolute atomic E-state index is 0.201. The van der Waals surface area contributed by atoms with Crippen LogP contribution >= 0.6 is 15.9 Å². The number of hydrogen-bond donors (Lipinski definition) is 1. The number of carbonyl (C=O) groups is 1. The van der Waals surface area contributed by atoms with Gasteiger partial charge in [-0.05, 0) is 22.4 Å². The molecule has 0 aliphatic heterocycles. The van der Waals surface area contributed by atoms with Crippen LogP contribution < -0.4 is 10.1 Å². The number of aromatic nitrogens is 1. The van der Waals surface area contributed by atoms with E-state index >= 15 is 0 Å². The normalized spacial score (nSPS) is 21.2. The van der Waals surface area contributed by atoms with Gasteiger partial charge in [-0.15, -0.1) is 0 Å². The summed E-state index contributed by atoms with van der Waals surface area (Å²) in [5.74, 6) is -3.00. The van der Waals surface area contributed by atoms with Crippen molar-refractivity contribution in [3.63, 3.8) is 0 Å². The van der Waals surface area contributed by atoms with Crippen LogP contribution in [-0.4, -0.2) is 23.9 Å². The molecule has 0 radical (unpaired) electrons. The second-order valence-corrected chi connectivity index (χ2v) is 5.34. The zero-order valence-electron chi connectivity index (χ0n) is 10.3. The van der Waals surface area contributed by atoms with Gasteiger partial charge in [0.05, 0.1) is 11.6 Å². The maximum atomic E-state index is 13.0. The Morgan fingerprint density at radius 3 is 2.95 bits per heavy atom. The highest BCUT2D eigenvalue weighted by atomic mass is 79.9. The average molecular weight is 335 g/mol. The average Bonchev–Trinajstić information content (AvgIpc) is 2.72. The highest BCUT2D eigenvalue weighted by molar-refractivity contribution is 9.10. The van der Waals surface area contributed by atoms with Crippen molar-refractivity contribution in [2.24, 2.45) is 5.92 Å². The lowest BCUT2D eigenvalue weighted by Crippen LogP contribution is -2.22. The van der Waals surface area contributed by atoms with Crippen molar-refractivity contribution < 1.29 is 18.3 Å². The third kappa shape index (κ3) is 3.40. The number of pyridine rings is 1. The number of alkyl halides is 2. The molecule has 1 fully saturated rings. The predicted molar refractivity (Wildman–Crippen MR) is 69.4 cm³/mol. The molecule has 1 aliphatic carbocycles. The standard InChI is InChI=1S/C12H13BrF2N2O2/c1-19-9-4-10(16-6-8(9)13)17-11(18)7-2-3-12(14,15)5-7/h4,6-7H,2-3,5H2,1H3,(H,16,17,18). The van der Waals surface area contributed by atoms with Gasteiger partial charge in [-0.3, -0.25) is 4.79 Å². The van der Waals surface area contributed by atoms with Gasteiger partial charge in [-0.25, -0.2) is 13.8 Å². The van der Waals surface area contributed by atoms with Gasteiger partial charge in [0.2, 0.25) is 11.8 Å². The maximum absolute atomic E-state index is 13.0.